The molecule has 2 aliphatic heterocycles. The zero-order valence-electron chi connectivity index (χ0n) is 25.2. The smallest absolute Gasteiger partial charge is 0.123 e. The van der Waals surface area contributed by atoms with E-state index in [2.05, 4.69) is 76.4 Å². The van der Waals surface area contributed by atoms with Crippen molar-refractivity contribution in [3.63, 3.8) is 0 Å². The molecule has 6 heteroatoms. The van der Waals surface area contributed by atoms with Crippen molar-refractivity contribution >= 4 is 10.9 Å². The van der Waals surface area contributed by atoms with E-state index in [1.807, 2.05) is 25.2 Å². The lowest BCUT2D eigenvalue weighted by Gasteiger charge is -2.40. The number of terminal acetylenes is 1. The van der Waals surface area contributed by atoms with Gasteiger partial charge in [0.05, 0.1) is 7.11 Å². The Bertz CT molecular complexity index is 1060. The highest BCUT2D eigenvalue weighted by Crippen LogP contribution is 2.21. The number of aryl methyl sites for hydroxylation is 1. The van der Waals surface area contributed by atoms with Crippen molar-refractivity contribution in [3.05, 3.63) is 65.9 Å². The zero-order valence-corrected chi connectivity index (χ0v) is 25.2. The maximum atomic E-state index is 5.58. The quantitative estimate of drug-likeness (QED) is 0.317. The number of nitrogens with zero attached hydrogens (tertiary/aromatic N) is 2. The Hall–Kier alpha value is -2.82. The van der Waals surface area contributed by atoms with Crippen LogP contribution in [0.5, 0.6) is 5.75 Å². The van der Waals surface area contributed by atoms with Crippen molar-refractivity contribution in [2.45, 2.75) is 64.5 Å². The molecule has 4 N–H and O–H groups in total. The van der Waals surface area contributed by atoms with E-state index in [0.717, 1.165) is 31.4 Å². The molecule has 2 fully saturated rings. The van der Waals surface area contributed by atoms with Crippen molar-refractivity contribution in [3.8, 4) is 18.6 Å². The summed E-state index contributed by atoms with van der Waals surface area (Å²) in [6, 6.07) is 17.3. The average molecular weight is 548 g/mol. The zero-order chi connectivity index (χ0) is 29.0. The maximum Gasteiger partial charge on any atom is 0.123 e. The van der Waals surface area contributed by atoms with Gasteiger partial charge in [-0.2, -0.15) is 0 Å². The Balaban J connectivity index is 0.000000206. The first kappa shape index (κ1) is 33.4. The first-order chi connectivity index (χ1) is 19.7. The molecule has 220 valence electrons. The Morgan fingerprint density at radius 3 is 2.27 bits per heavy atom. The van der Waals surface area contributed by atoms with E-state index in [0.29, 0.717) is 0 Å². The summed E-state index contributed by atoms with van der Waals surface area (Å²) in [5.41, 5.74) is 9.47. The third-order valence-electron chi connectivity index (χ3n) is 7.66. The van der Waals surface area contributed by atoms with Gasteiger partial charge in [0.2, 0.25) is 0 Å². The number of H-pyrrole nitrogens is 1. The number of fused-ring (bicyclic) bond motifs is 1. The molecule has 2 aliphatic rings. The summed E-state index contributed by atoms with van der Waals surface area (Å²) >= 11 is 0. The first-order valence-corrected chi connectivity index (χ1v) is 15.0. The molecule has 1 aromatic heterocycles. The maximum absolute atomic E-state index is 5.58. The molecule has 3 heterocycles. The van der Waals surface area contributed by atoms with Gasteiger partial charge < -0.3 is 30.6 Å². The Morgan fingerprint density at radius 1 is 0.950 bits per heavy atom. The number of nitrogens with one attached hydrogen (secondary N) is 2. The number of nitrogens with two attached hydrogens (primary N) is 1. The third-order valence-corrected chi connectivity index (χ3v) is 7.66. The summed E-state index contributed by atoms with van der Waals surface area (Å²) in [7, 11) is 3.61. The highest BCUT2D eigenvalue weighted by molar-refractivity contribution is 5.82. The average Bonchev–Trinajstić information content (AvgIpc) is 3.43. The molecule has 0 amide bonds. The summed E-state index contributed by atoms with van der Waals surface area (Å²) in [6.07, 6.45) is 19.5. The summed E-state index contributed by atoms with van der Waals surface area (Å²) in [4.78, 5) is 8.51. The number of aromatic amines is 1. The van der Waals surface area contributed by atoms with Crippen molar-refractivity contribution in [1.82, 2.24) is 20.1 Å². The number of hydrogen-bond donors (Lipinski definition) is 3. The largest absolute Gasteiger partial charge is 0.496 e. The van der Waals surface area contributed by atoms with Gasteiger partial charge in [-0.1, -0.05) is 56.2 Å². The molecule has 0 bridgehead atoms. The van der Waals surface area contributed by atoms with Gasteiger partial charge in [-0.3, -0.25) is 0 Å². The minimum absolute atomic E-state index is 0.814. The number of aromatic nitrogens is 1. The first-order valence-electron chi connectivity index (χ1n) is 15.0. The van der Waals surface area contributed by atoms with Gasteiger partial charge >= 0.3 is 0 Å². The fourth-order valence-electron chi connectivity index (χ4n) is 5.62. The topological polar surface area (TPSA) is 69.5 Å². The lowest BCUT2D eigenvalue weighted by molar-refractivity contribution is 0.0939. The fraction of sp³-hybridized carbons (Fsp3) is 0.529. The number of ether oxygens (including phenoxy) is 1. The molecule has 0 radical (unpaired) electrons. The molecule has 0 aliphatic carbocycles. The standard InChI is InChI=1S/C12H25N3.C11H13N.C9H13NO.C2H2/c13-6-11-14-9-4-12(5-10-14)15-7-2-1-3-8-15;1-2-5-9-8-12-11-7-4-3-6-10(9)11;1-10-7-8-5-3-4-6-9(8)11-2;1-2/h12H,1-11,13H2;3-4,6-8,12H,2,5H2,1H3;3-6,10H,7H2,1-2H3;1-2H. The predicted molar refractivity (Wildman–Crippen MR) is 172 cm³/mol. The monoisotopic (exact) mass is 547 g/mol. The van der Waals surface area contributed by atoms with Crippen LogP contribution in [0.1, 0.15) is 56.6 Å². The van der Waals surface area contributed by atoms with Crippen molar-refractivity contribution in [2.75, 3.05) is 53.4 Å². The Kier molecular flexibility index (Phi) is 16.8. The molecular weight excluding hydrogens is 494 g/mol. The number of hydrogen-bond acceptors (Lipinski definition) is 5. The van der Waals surface area contributed by atoms with Gasteiger partial charge in [0.25, 0.3) is 0 Å². The predicted octanol–water partition coefficient (Wildman–Crippen LogP) is 5.68. The van der Waals surface area contributed by atoms with Crippen LogP contribution in [0.25, 0.3) is 10.9 Å². The minimum atomic E-state index is 0.814. The fourth-order valence-corrected chi connectivity index (χ4v) is 5.62. The molecule has 5 rings (SSSR count). The van der Waals surface area contributed by atoms with Crippen LogP contribution < -0.4 is 15.8 Å². The number of piperidine rings is 2. The van der Waals surface area contributed by atoms with Crippen molar-refractivity contribution in [1.29, 1.82) is 0 Å². The number of rotatable bonds is 8. The Labute approximate surface area is 243 Å². The SMILES string of the molecule is C#C.CCCc1c[nH]c2ccccc12.CNCc1ccccc1OC.NCCN1CCC(N2CCCCC2)CC1. The van der Waals surface area contributed by atoms with Crippen LogP contribution in [-0.4, -0.2) is 74.3 Å². The van der Waals surface area contributed by atoms with Crippen LogP contribution in [0.15, 0.2) is 54.7 Å². The van der Waals surface area contributed by atoms with Crippen LogP contribution in [0.4, 0.5) is 0 Å². The lowest BCUT2D eigenvalue weighted by atomic mass is 10.00. The van der Waals surface area contributed by atoms with Crippen LogP contribution in [0.3, 0.4) is 0 Å². The molecule has 0 saturated carbocycles. The van der Waals surface area contributed by atoms with Gasteiger partial charge in [-0.15, -0.1) is 12.8 Å². The van der Waals surface area contributed by atoms with Gasteiger partial charge in [-0.05, 0) is 83.0 Å². The van der Waals surface area contributed by atoms with Crippen LogP contribution in [0.2, 0.25) is 0 Å². The summed E-state index contributed by atoms with van der Waals surface area (Å²) < 4.78 is 5.16. The lowest BCUT2D eigenvalue weighted by Crippen LogP contribution is -2.47. The van der Waals surface area contributed by atoms with Crippen LogP contribution >= 0.6 is 0 Å². The minimum Gasteiger partial charge on any atom is -0.496 e. The van der Waals surface area contributed by atoms with E-state index in [4.69, 9.17) is 10.5 Å². The molecular formula is C34H53N5O. The van der Waals surface area contributed by atoms with Gasteiger partial charge in [0.15, 0.2) is 0 Å². The molecule has 2 aromatic carbocycles. The van der Waals surface area contributed by atoms with Gasteiger partial charge in [0, 0.05) is 48.3 Å². The van der Waals surface area contributed by atoms with E-state index in [1.165, 1.54) is 93.2 Å². The molecule has 0 unspecified atom stereocenters. The summed E-state index contributed by atoms with van der Waals surface area (Å²) in [6.45, 7) is 10.2. The van der Waals surface area contributed by atoms with E-state index < -0.39 is 0 Å². The number of likely N-dealkylation sites (tertiary alicyclic amines) is 2. The molecule has 3 aromatic rings. The van der Waals surface area contributed by atoms with E-state index in [-0.39, 0.29) is 0 Å². The molecule has 6 nitrogen and oxygen atoms in total. The van der Waals surface area contributed by atoms with Gasteiger partial charge in [-0.25, -0.2) is 0 Å². The van der Waals surface area contributed by atoms with Crippen LogP contribution in [-0.2, 0) is 13.0 Å². The number of para-hydroxylation sites is 2. The normalized spacial score (nSPS) is 16.1. The molecule has 2 saturated heterocycles. The third kappa shape index (κ3) is 11.0. The van der Waals surface area contributed by atoms with E-state index in [9.17, 15) is 0 Å². The highest BCUT2D eigenvalue weighted by Gasteiger charge is 2.24. The second-order valence-corrected chi connectivity index (χ2v) is 10.4. The van der Waals surface area contributed by atoms with Crippen molar-refractivity contribution in [2.24, 2.45) is 5.73 Å². The van der Waals surface area contributed by atoms with Crippen LogP contribution in [0, 0.1) is 12.8 Å². The Morgan fingerprint density at radius 2 is 1.62 bits per heavy atom. The second kappa shape index (κ2) is 20.1. The van der Waals surface area contributed by atoms with Crippen molar-refractivity contribution < 1.29 is 4.74 Å². The molecule has 0 spiro atoms. The number of benzene rings is 2. The number of methoxy groups -OCH3 is 1. The summed E-state index contributed by atoms with van der Waals surface area (Å²) in [5.74, 6) is 0.946. The summed E-state index contributed by atoms with van der Waals surface area (Å²) in [5, 5.41) is 4.45. The van der Waals surface area contributed by atoms with Gasteiger partial charge in [0.1, 0.15) is 5.75 Å². The highest BCUT2D eigenvalue weighted by atomic mass is 16.5. The molecule has 0 atom stereocenters. The van der Waals surface area contributed by atoms with E-state index >= 15 is 0 Å². The van der Waals surface area contributed by atoms with E-state index in [1.54, 1.807) is 7.11 Å². The molecule has 40 heavy (non-hydrogen) atoms. The second-order valence-electron chi connectivity index (χ2n) is 10.4.